The van der Waals surface area contributed by atoms with Gasteiger partial charge in [0.2, 0.25) is 0 Å². The summed E-state index contributed by atoms with van der Waals surface area (Å²) in [5.41, 5.74) is 0.385. The van der Waals surface area contributed by atoms with Crippen molar-refractivity contribution in [3.05, 3.63) is 0 Å². The van der Waals surface area contributed by atoms with E-state index in [1.807, 2.05) is 0 Å². The molecule has 3 rings (SSSR count). The normalized spacial score (nSPS) is 32.9. The van der Waals surface area contributed by atoms with Gasteiger partial charge in [0.05, 0.1) is 11.5 Å². The number of rotatable bonds is 5. The van der Waals surface area contributed by atoms with Crippen LogP contribution < -0.4 is 5.32 Å². The Kier molecular flexibility index (Phi) is 4.63. The second-order valence-corrected chi connectivity index (χ2v) is 9.88. The van der Waals surface area contributed by atoms with Gasteiger partial charge in [-0.05, 0) is 38.0 Å². The lowest BCUT2D eigenvalue weighted by atomic mass is 9.73. The number of sulfone groups is 1. The maximum atomic E-state index is 11.8. The molecule has 1 aliphatic heterocycles. The summed E-state index contributed by atoms with van der Waals surface area (Å²) in [5, 5.41) is 3.74. The Labute approximate surface area is 129 Å². The third kappa shape index (κ3) is 4.20. The minimum Gasteiger partial charge on any atom is -0.313 e. The van der Waals surface area contributed by atoms with Crippen molar-refractivity contribution in [3.8, 4) is 0 Å². The van der Waals surface area contributed by atoms with E-state index in [9.17, 15) is 8.42 Å². The molecule has 2 saturated carbocycles. The van der Waals surface area contributed by atoms with Crippen LogP contribution in [0.5, 0.6) is 0 Å². The van der Waals surface area contributed by atoms with Crippen LogP contribution >= 0.6 is 0 Å². The van der Waals surface area contributed by atoms with Crippen molar-refractivity contribution in [3.63, 3.8) is 0 Å². The maximum absolute atomic E-state index is 11.8. The van der Waals surface area contributed by atoms with E-state index in [1.54, 1.807) is 0 Å². The van der Waals surface area contributed by atoms with Gasteiger partial charge in [-0.2, -0.15) is 0 Å². The van der Waals surface area contributed by atoms with Gasteiger partial charge >= 0.3 is 0 Å². The van der Waals surface area contributed by atoms with Gasteiger partial charge in [-0.1, -0.05) is 19.3 Å². The van der Waals surface area contributed by atoms with Gasteiger partial charge < -0.3 is 5.32 Å². The molecule has 4 nitrogen and oxygen atoms in total. The fourth-order valence-corrected chi connectivity index (χ4v) is 5.66. The second kappa shape index (κ2) is 6.17. The van der Waals surface area contributed by atoms with Crippen molar-refractivity contribution in [2.45, 2.75) is 64.0 Å². The number of hydrogen-bond donors (Lipinski definition) is 1. The summed E-state index contributed by atoms with van der Waals surface area (Å²) in [6.07, 6.45) is 9.35. The molecule has 0 amide bonds. The Balaban J connectivity index is 1.62. The lowest BCUT2D eigenvalue weighted by Gasteiger charge is -2.44. The van der Waals surface area contributed by atoms with Crippen LogP contribution in [0.25, 0.3) is 0 Å². The highest BCUT2D eigenvalue weighted by Crippen LogP contribution is 2.38. The average molecular weight is 314 g/mol. The van der Waals surface area contributed by atoms with E-state index in [1.165, 1.54) is 44.9 Å². The SMILES string of the molecule is CC1CS(=O)(=O)CCN1CC1(CNC2CC2)CCCCC1. The summed E-state index contributed by atoms with van der Waals surface area (Å²) in [7, 11) is -2.80. The van der Waals surface area contributed by atoms with Gasteiger partial charge in [0.1, 0.15) is 0 Å². The maximum Gasteiger partial charge on any atom is 0.153 e. The Morgan fingerprint density at radius 2 is 1.90 bits per heavy atom. The third-order valence-corrected chi connectivity index (χ3v) is 7.40. The van der Waals surface area contributed by atoms with E-state index in [2.05, 4.69) is 17.1 Å². The Hall–Kier alpha value is -0.130. The minimum absolute atomic E-state index is 0.184. The summed E-state index contributed by atoms with van der Waals surface area (Å²) in [5.74, 6) is 0.697. The summed E-state index contributed by atoms with van der Waals surface area (Å²) >= 11 is 0. The monoisotopic (exact) mass is 314 g/mol. The fourth-order valence-electron chi connectivity index (χ4n) is 4.04. The zero-order chi connectivity index (χ0) is 14.9. The Morgan fingerprint density at radius 3 is 2.52 bits per heavy atom. The molecule has 1 N–H and O–H groups in total. The van der Waals surface area contributed by atoms with Crippen LogP contribution in [0.4, 0.5) is 0 Å². The third-order valence-electron chi connectivity index (χ3n) is 5.60. The Morgan fingerprint density at radius 1 is 1.19 bits per heavy atom. The van der Waals surface area contributed by atoms with Crippen LogP contribution in [0, 0.1) is 5.41 Å². The molecular weight excluding hydrogens is 284 g/mol. The molecule has 122 valence electrons. The first-order valence-corrected chi connectivity index (χ1v) is 10.5. The van der Waals surface area contributed by atoms with Crippen LogP contribution in [0.1, 0.15) is 51.9 Å². The zero-order valence-electron chi connectivity index (χ0n) is 13.3. The molecule has 1 atom stereocenters. The van der Waals surface area contributed by atoms with Crippen LogP contribution in [-0.4, -0.2) is 56.5 Å². The molecule has 0 aromatic carbocycles. The molecule has 21 heavy (non-hydrogen) atoms. The van der Waals surface area contributed by atoms with Gasteiger partial charge in [-0.25, -0.2) is 8.42 Å². The van der Waals surface area contributed by atoms with Crippen molar-refractivity contribution in [1.29, 1.82) is 0 Å². The molecule has 1 heterocycles. The molecule has 0 aromatic heterocycles. The fraction of sp³-hybridized carbons (Fsp3) is 1.00. The van der Waals surface area contributed by atoms with Crippen LogP contribution in [0.15, 0.2) is 0 Å². The first-order valence-electron chi connectivity index (χ1n) is 8.66. The molecule has 0 bridgehead atoms. The minimum atomic E-state index is -2.80. The molecule has 3 aliphatic rings. The van der Waals surface area contributed by atoms with Crippen molar-refractivity contribution in [2.24, 2.45) is 5.41 Å². The molecule has 0 aromatic rings. The average Bonchev–Trinajstić information content (AvgIpc) is 3.25. The van der Waals surface area contributed by atoms with Gasteiger partial charge in [-0.3, -0.25) is 4.90 Å². The molecule has 1 unspecified atom stereocenters. The molecule has 3 fully saturated rings. The van der Waals surface area contributed by atoms with E-state index in [0.717, 1.165) is 25.7 Å². The number of nitrogens with zero attached hydrogens (tertiary/aromatic N) is 1. The second-order valence-electron chi connectivity index (χ2n) is 7.65. The lowest BCUT2D eigenvalue weighted by Crippen LogP contribution is -2.53. The van der Waals surface area contributed by atoms with E-state index in [0.29, 0.717) is 16.9 Å². The van der Waals surface area contributed by atoms with Gasteiger partial charge in [0, 0.05) is 31.7 Å². The number of hydrogen-bond acceptors (Lipinski definition) is 4. The molecular formula is C16H30N2O2S. The van der Waals surface area contributed by atoms with Gasteiger partial charge in [0.25, 0.3) is 0 Å². The van der Waals surface area contributed by atoms with Crippen LogP contribution in [0.3, 0.4) is 0 Å². The van der Waals surface area contributed by atoms with Crippen molar-refractivity contribution < 1.29 is 8.42 Å². The summed E-state index contributed by atoms with van der Waals surface area (Å²) in [6, 6.07) is 0.950. The largest absolute Gasteiger partial charge is 0.313 e. The highest BCUT2D eigenvalue weighted by Gasteiger charge is 2.38. The predicted octanol–water partition coefficient (Wildman–Crippen LogP) is 1.81. The summed E-state index contributed by atoms with van der Waals surface area (Å²) in [6.45, 7) is 5.03. The molecule has 0 radical (unpaired) electrons. The van der Waals surface area contributed by atoms with E-state index in [-0.39, 0.29) is 6.04 Å². The van der Waals surface area contributed by atoms with Crippen LogP contribution in [0.2, 0.25) is 0 Å². The smallest absolute Gasteiger partial charge is 0.153 e. The van der Waals surface area contributed by atoms with Crippen molar-refractivity contribution in [2.75, 3.05) is 31.1 Å². The van der Waals surface area contributed by atoms with Crippen molar-refractivity contribution in [1.82, 2.24) is 10.2 Å². The molecule has 2 aliphatic carbocycles. The molecule has 0 spiro atoms. The quantitative estimate of drug-likeness (QED) is 0.841. The van der Waals surface area contributed by atoms with E-state index >= 15 is 0 Å². The van der Waals surface area contributed by atoms with E-state index in [4.69, 9.17) is 0 Å². The summed E-state index contributed by atoms with van der Waals surface area (Å²) in [4.78, 5) is 2.45. The lowest BCUT2D eigenvalue weighted by molar-refractivity contribution is 0.0851. The molecule has 5 heteroatoms. The predicted molar refractivity (Wildman–Crippen MR) is 86.2 cm³/mol. The molecule has 1 saturated heterocycles. The highest BCUT2D eigenvalue weighted by molar-refractivity contribution is 7.91. The van der Waals surface area contributed by atoms with Crippen molar-refractivity contribution >= 4 is 9.84 Å². The standard InChI is InChI=1S/C16H30N2O2S/c1-14-11-21(19,20)10-9-18(14)13-16(7-3-2-4-8-16)12-17-15-5-6-15/h14-15,17H,2-13H2,1H3. The van der Waals surface area contributed by atoms with Crippen LogP contribution in [-0.2, 0) is 9.84 Å². The van der Waals surface area contributed by atoms with E-state index < -0.39 is 9.84 Å². The first kappa shape index (κ1) is 15.8. The zero-order valence-corrected chi connectivity index (χ0v) is 14.1. The summed E-state index contributed by atoms with van der Waals surface area (Å²) < 4.78 is 23.5. The number of nitrogens with one attached hydrogen (secondary N) is 1. The van der Waals surface area contributed by atoms with Gasteiger partial charge in [-0.15, -0.1) is 0 Å². The first-order chi connectivity index (χ1) is 9.98. The highest BCUT2D eigenvalue weighted by atomic mass is 32.2. The van der Waals surface area contributed by atoms with Gasteiger partial charge in [0.15, 0.2) is 9.84 Å². The Bertz CT molecular complexity index is 453. The topological polar surface area (TPSA) is 49.4 Å².